The number of hydrogen-bond acceptors (Lipinski definition) is 4. The zero-order chi connectivity index (χ0) is 20.7. The highest BCUT2D eigenvalue weighted by Gasteiger charge is 2.27. The van der Waals surface area contributed by atoms with Crippen LogP contribution in [0.3, 0.4) is 0 Å². The Labute approximate surface area is 170 Å². The van der Waals surface area contributed by atoms with Crippen LogP contribution in [-0.2, 0) is 14.8 Å². The normalized spacial score (nSPS) is 11.3. The molecular formula is C22H21N3O3S. The standard InChI is InChI=1S/C22H21N3O3S/c1-18-10-8-9-15-21(18)25(29(27,28)20-13-6-3-7-14-20)17-22(26)24-23-16-19-11-4-2-5-12-19/h2-16H,17H2,1H3,(H,24,26). The molecule has 0 atom stereocenters. The van der Waals surface area contributed by atoms with E-state index < -0.39 is 22.5 Å². The van der Waals surface area contributed by atoms with Crippen molar-refractivity contribution in [2.45, 2.75) is 11.8 Å². The average molecular weight is 407 g/mol. The summed E-state index contributed by atoms with van der Waals surface area (Å²) in [4.78, 5) is 12.6. The quantitative estimate of drug-likeness (QED) is 0.482. The van der Waals surface area contributed by atoms with Crippen LogP contribution in [-0.4, -0.2) is 27.1 Å². The van der Waals surface area contributed by atoms with E-state index in [0.29, 0.717) is 5.69 Å². The van der Waals surface area contributed by atoms with Crippen molar-refractivity contribution >= 4 is 27.8 Å². The number of hydrogen-bond donors (Lipinski definition) is 1. The molecule has 0 saturated carbocycles. The van der Waals surface area contributed by atoms with Crippen molar-refractivity contribution in [1.29, 1.82) is 0 Å². The Morgan fingerprint density at radius 2 is 1.52 bits per heavy atom. The molecule has 148 valence electrons. The SMILES string of the molecule is Cc1ccccc1N(CC(=O)NN=Cc1ccccc1)S(=O)(=O)c1ccccc1. The molecule has 0 aliphatic rings. The molecular weight excluding hydrogens is 386 g/mol. The van der Waals surface area contributed by atoms with Gasteiger partial charge < -0.3 is 0 Å². The highest BCUT2D eigenvalue weighted by Crippen LogP contribution is 2.26. The zero-order valence-electron chi connectivity index (χ0n) is 15.9. The van der Waals surface area contributed by atoms with Gasteiger partial charge in [-0.1, -0.05) is 66.7 Å². The summed E-state index contributed by atoms with van der Waals surface area (Å²) in [6, 6.07) is 24.3. The van der Waals surface area contributed by atoms with Crippen molar-refractivity contribution in [3.63, 3.8) is 0 Å². The van der Waals surface area contributed by atoms with Gasteiger partial charge in [0, 0.05) is 0 Å². The molecule has 7 heteroatoms. The lowest BCUT2D eigenvalue weighted by Crippen LogP contribution is -2.40. The van der Waals surface area contributed by atoms with E-state index in [2.05, 4.69) is 10.5 Å². The number of anilines is 1. The highest BCUT2D eigenvalue weighted by atomic mass is 32.2. The van der Waals surface area contributed by atoms with Crippen LogP contribution < -0.4 is 9.73 Å². The lowest BCUT2D eigenvalue weighted by Gasteiger charge is -2.25. The molecule has 0 spiro atoms. The third kappa shape index (κ3) is 5.08. The lowest BCUT2D eigenvalue weighted by atomic mass is 10.2. The number of benzene rings is 3. The number of para-hydroxylation sites is 1. The van der Waals surface area contributed by atoms with E-state index in [1.54, 1.807) is 43.3 Å². The Balaban J connectivity index is 1.85. The number of sulfonamides is 1. The van der Waals surface area contributed by atoms with Crippen LogP contribution in [0.4, 0.5) is 5.69 Å². The summed E-state index contributed by atoms with van der Waals surface area (Å²) in [5, 5.41) is 3.92. The van der Waals surface area contributed by atoms with Crippen molar-refractivity contribution in [1.82, 2.24) is 5.43 Å². The molecule has 0 bridgehead atoms. The third-order valence-electron chi connectivity index (χ3n) is 4.21. The second-order valence-corrected chi connectivity index (χ2v) is 8.18. The number of hydrazone groups is 1. The van der Waals surface area contributed by atoms with Crippen LogP contribution in [0.5, 0.6) is 0 Å². The number of rotatable bonds is 7. The first-order valence-corrected chi connectivity index (χ1v) is 10.4. The first kappa shape index (κ1) is 20.3. The topological polar surface area (TPSA) is 78.8 Å². The van der Waals surface area contributed by atoms with Gasteiger partial charge in [-0.3, -0.25) is 9.10 Å². The van der Waals surface area contributed by atoms with Gasteiger partial charge >= 0.3 is 0 Å². The van der Waals surface area contributed by atoms with Gasteiger partial charge in [0.15, 0.2) is 0 Å². The van der Waals surface area contributed by atoms with Crippen LogP contribution in [0, 0.1) is 6.92 Å². The van der Waals surface area contributed by atoms with Gasteiger partial charge in [0.2, 0.25) is 0 Å². The van der Waals surface area contributed by atoms with Gasteiger partial charge in [-0.25, -0.2) is 13.8 Å². The molecule has 6 nitrogen and oxygen atoms in total. The Hall–Kier alpha value is -3.45. The molecule has 3 aromatic rings. The van der Waals surface area contributed by atoms with Crippen molar-refractivity contribution in [3.05, 3.63) is 96.1 Å². The number of carbonyl (C=O) groups is 1. The second kappa shape index (κ2) is 9.16. The van der Waals surface area contributed by atoms with Gasteiger partial charge in [-0.05, 0) is 36.2 Å². The number of amides is 1. The molecule has 29 heavy (non-hydrogen) atoms. The number of nitrogens with zero attached hydrogens (tertiary/aromatic N) is 2. The summed E-state index contributed by atoms with van der Waals surface area (Å²) >= 11 is 0. The summed E-state index contributed by atoms with van der Waals surface area (Å²) < 4.78 is 27.5. The van der Waals surface area contributed by atoms with E-state index in [-0.39, 0.29) is 4.90 Å². The summed E-state index contributed by atoms with van der Waals surface area (Å²) in [5.41, 5.74) is 4.40. The van der Waals surface area contributed by atoms with Crippen molar-refractivity contribution < 1.29 is 13.2 Å². The zero-order valence-corrected chi connectivity index (χ0v) is 16.7. The van der Waals surface area contributed by atoms with Crippen molar-refractivity contribution in [2.75, 3.05) is 10.8 Å². The maximum Gasteiger partial charge on any atom is 0.264 e. The minimum absolute atomic E-state index is 0.115. The molecule has 0 radical (unpaired) electrons. The van der Waals surface area contributed by atoms with E-state index in [0.717, 1.165) is 15.4 Å². The number of carbonyl (C=O) groups excluding carboxylic acids is 1. The Bertz CT molecular complexity index is 1100. The van der Waals surface area contributed by atoms with Crippen LogP contribution >= 0.6 is 0 Å². The van der Waals surface area contributed by atoms with Gasteiger partial charge in [0.25, 0.3) is 15.9 Å². The molecule has 1 amide bonds. The maximum atomic E-state index is 13.2. The van der Waals surface area contributed by atoms with Gasteiger partial charge in [-0.15, -0.1) is 0 Å². The average Bonchev–Trinajstić information content (AvgIpc) is 2.74. The predicted octanol–water partition coefficient (Wildman–Crippen LogP) is 3.34. The smallest absolute Gasteiger partial charge is 0.264 e. The Kier molecular flexibility index (Phi) is 6.41. The van der Waals surface area contributed by atoms with E-state index in [1.165, 1.54) is 18.3 Å². The summed E-state index contributed by atoms with van der Waals surface area (Å²) in [6.45, 7) is 1.41. The van der Waals surface area contributed by atoms with Gasteiger partial charge in [0.05, 0.1) is 16.8 Å². The molecule has 0 heterocycles. The van der Waals surface area contributed by atoms with Crippen molar-refractivity contribution in [3.8, 4) is 0 Å². The van der Waals surface area contributed by atoms with E-state index in [4.69, 9.17) is 0 Å². The number of aryl methyl sites for hydroxylation is 1. The first-order valence-electron chi connectivity index (χ1n) is 8.99. The van der Waals surface area contributed by atoms with Crippen LogP contribution in [0.1, 0.15) is 11.1 Å². The largest absolute Gasteiger partial charge is 0.271 e. The molecule has 3 rings (SSSR count). The minimum Gasteiger partial charge on any atom is -0.271 e. The van der Waals surface area contributed by atoms with E-state index >= 15 is 0 Å². The van der Waals surface area contributed by atoms with Gasteiger partial charge in [0.1, 0.15) is 6.54 Å². The molecule has 0 aromatic heterocycles. The highest BCUT2D eigenvalue weighted by molar-refractivity contribution is 7.92. The third-order valence-corrected chi connectivity index (χ3v) is 5.98. The molecule has 1 N–H and O–H groups in total. The first-order chi connectivity index (χ1) is 14.0. The fourth-order valence-corrected chi connectivity index (χ4v) is 4.25. The molecule has 3 aromatic carbocycles. The summed E-state index contributed by atoms with van der Waals surface area (Å²) in [7, 11) is -3.93. The fraction of sp³-hybridized carbons (Fsp3) is 0.0909. The monoisotopic (exact) mass is 407 g/mol. The van der Waals surface area contributed by atoms with E-state index in [1.807, 2.05) is 36.4 Å². The summed E-state index contributed by atoms with van der Waals surface area (Å²) in [6.07, 6.45) is 1.50. The van der Waals surface area contributed by atoms with Crippen molar-refractivity contribution in [2.24, 2.45) is 5.10 Å². The fourth-order valence-electron chi connectivity index (χ4n) is 2.75. The Morgan fingerprint density at radius 1 is 0.931 bits per heavy atom. The van der Waals surface area contributed by atoms with Crippen LogP contribution in [0.2, 0.25) is 0 Å². The molecule has 0 unspecified atom stereocenters. The molecule has 0 aliphatic heterocycles. The molecule has 0 saturated heterocycles. The van der Waals surface area contributed by atoms with E-state index in [9.17, 15) is 13.2 Å². The molecule has 0 fully saturated rings. The minimum atomic E-state index is -3.93. The number of nitrogens with one attached hydrogen (secondary N) is 1. The molecule has 0 aliphatic carbocycles. The lowest BCUT2D eigenvalue weighted by molar-refractivity contribution is -0.119. The van der Waals surface area contributed by atoms with Crippen LogP contribution in [0.25, 0.3) is 0 Å². The Morgan fingerprint density at radius 3 is 2.17 bits per heavy atom. The predicted molar refractivity (Wildman–Crippen MR) is 114 cm³/mol. The van der Waals surface area contributed by atoms with Gasteiger partial charge in [-0.2, -0.15) is 5.10 Å². The van der Waals surface area contributed by atoms with Crippen LogP contribution in [0.15, 0.2) is 94.9 Å². The second-order valence-electron chi connectivity index (χ2n) is 6.32. The summed E-state index contributed by atoms with van der Waals surface area (Å²) in [5.74, 6) is -0.542. The maximum absolute atomic E-state index is 13.2.